The molecule has 0 N–H and O–H groups in total. The van der Waals surface area contributed by atoms with Gasteiger partial charge in [0.25, 0.3) is 0 Å². The fourth-order valence-electron chi connectivity index (χ4n) is 2.34. The average molecular weight is 310 g/mol. The molecule has 0 atom stereocenters. The van der Waals surface area contributed by atoms with Crippen molar-refractivity contribution in [1.82, 2.24) is 19.4 Å². The summed E-state index contributed by atoms with van der Waals surface area (Å²) in [5.41, 5.74) is 2.27. The maximum absolute atomic E-state index is 12.5. The van der Waals surface area contributed by atoms with E-state index < -0.39 is 12.6 Å². The number of halogens is 3. The highest BCUT2D eigenvalue weighted by Gasteiger charge is 2.28. The van der Waals surface area contributed by atoms with Crippen molar-refractivity contribution in [1.29, 1.82) is 0 Å². The van der Waals surface area contributed by atoms with Crippen LogP contribution in [0.25, 0.3) is 16.7 Å². The van der Waals surface area contributed by atoms with Gasteiger partial charge in [-0.15, -0.1) is 0 Å². The predicted octanol–water partition coefficient (Wildman–Crippen LogP) is 3.09. The minimum absolute atomic E-state index is 0.212. The lowest BCUT2D eigenvalue weighted by Crippen LogP contribution is -2.10. The molecule has 0 unspecified atom stereocenters. The number of hydrogen-bond donors (Lipinski definition) is 0. The number of alkyl halides is 3. The third-order valence-corrected chi connectivity index (χ3v) is 3.37. The van der Waals surface area contributed by atoms with Crippen LogP contribution in [0, 0.1) is 6.92 Å². The summed E-state index contributed by atoms with van der Waals surface area (Å²) >= 11 is 0. The molecule has 0 saturated carbocycles. The van der Waals surface area contributed by atoms with E-state index in [0.29, 0.717) is 34.1 Å². The molecule has 116 valence electrons. The first kappa shape index (κ1) is 14.6. The number of aryl methyl sites for hydroxylation is 2. The van der Waals surface area contributed by atoms with Gasteiger partial charge in [0.2, 0.25) is 5.88 Å². The first-order valence-corrected chi connectivity index (χ1v) is 6.63. The minimum atomic E-state index is -4.23. The number of rotatable bonds is 3. The molecule has 0 aliphatic rings. The Morgan fingerprint density at radius 3 is 2.68 bits per heavy atom. The molecule has 0 aliphatic carbocycles. The lowest BCUT2D eigenvalue weighted by molar-refractivity contribution is -0.134. The standard InChI is InChI=1S/C14H13F3N4O/c1-8-10-7-18-9-3-4-12(22-2)20-13(9)21(10)11(19-8)5-6-14(15,16)17/h3-4,7H,5-6H2,1-2H3. The quantitative estimate of drug-likeness (QED) is 0.746. The van der Waals surface area contributed by atoms with Gasteiger partial charge in [-0.1, -0.05) is 0 Å². The van der Waals surface area contributed by atoms with Crippen molar-refractivity contribution in [3.8, 4) is 5.88 Å². The molecule has 0 amide bonds. The second kappa shape index (κ2) is 5.11. The third kappa shape index (κ3) is 2.56. The SMILES string of the molecule is COc1ccc2ncc3c(C)nc(CCC(F)(F)F)n3c2n1. The van der Waals surface area contributed by atoms with Crippen LogP contribution in [0.2, 0.25) is 0 Å². The number of ether oxygens (including phenoxy) is 1. The van der Waals surface area contributed by atoms with E-state index in [1.54, 1.807) is 29.7 Å². The van der Waals surface area contributed by atoms with Crippen molar-refractivity contribution in [2.45, 2.75) is 25.9 Å². The van der Waals surface area contributed by atoms with E-state index in [1.165, 1.54) is 7.11 Å². The minimum Gasteiger partial charge on any atom is -0.481 e. The summed E-state index contributed by atoms with van der Waals surface area (Å²) < 4.78 is 44.2. The predicted molar refractivity (Wildman–Crippen MR) is 74.0 cm³/mol. The maximum atomic E-state index is 12.5. The van der Waals surface area contributed by atoms with Crippen LogP contribution in [0.15, 0.2) is 18.3 Å². The van der Waals surface area contributed by atoms with Gasteiger partial charge in [-0.25, -0.2) is 4.98 Å². The summed E-state index contributed by atoms with van der Waals surface area (Å²) in [5, 5.41) is 0. The van der Waals surface area contributed by atoms with Crippen LogP contribution in [0.5, 0.6) is 5.88 Å². The van der Waals surface area contributed by atoms with E-state index >= 15 is 0 Å². The zero-order valence-electron chi connectivity index (χ0n) is 12.0. The molecule has 3 rings (SSSR count). The smallest absolute Gasteiger partial charge is 0.389 e. The summed E-state index contributed by atoms with van der Waals surface area (Å²) in [6, 6.07) is 3.36. The molecule has 0 aliphatic heterocycles. The number of aromatic nitrogens is 4. The van der Waals surface area contributed by atoms with Gasteiger partial charge in [0.05, 0.1) is 30.9 Å². The van der Waals surface area contributed by atoms with E-state index in [4.69, 9.17) is 4.74 Å². The third-order valence-electron chi connectivity index (χ3n) is 3.37. The summed E-state index contributed by atoms with van der Waals surface area (Å²) in [7, 11) is 1.48. The van der Waals surface area contributed by atoms with Gasteiger partial charge < -0.3 is 4.74 Å². The Kier molecular flexibility index (Phi) is 3.38. The zero-order valence-corrected chi connectivity index (χ0v) is 12.0. The largest absolute Gasteiger partial charge is 0.481 e. The van der Waals surface area contributed by atoms with Crippen LogP contribution in [-0.2, 0) is 6.42 Å². The molecule has 5 nitrogen and oxygen atoms in total. The first-order chi connectivity index (χ1) is 10.4. The Bertz CT molecular complexity index is 841. The Hall–Kier alpha value is -2.38. The van der Waals surface area contributed by atoms with E-state index in [0.717, 1.165) is 0 Å². The summed E-state index contributed by atoms with van der Waals surface area (Å²) in [5.74, 6) is 0.688. The molecule has 0 saturated heterocycles. The van der Waals surface area contributed by atoms with E-state index in [-0.39, 0.29) is 6.42 Å². The molecule has 8 heteroatoms. The number of fused-ring (bicyclic) bond motifs is 3. The molecular weight excluding hydrogens is 297 g/mol. The summed E-state index contributed by atoms with van der Waals surface area (Å²) in [4.78, 5) is 12.8. The van der Waals surface area contributed by atoms with Crippen molar-refractivity contribution in [3.05, 3.63) is 29.8 Å². The van der Waals surface area contributed by atoms with Crippen LogP contribution in [0.1, 0.15) is 17.9 Å². The summed E-state index contributed by atoms with van der Waals surface area (Å²) in [6.07, 6.45) is -3.78. The second-order valence-electron chi connectivity index (χ2n) is 4.90. The van der Waals surface area contributed by atoms with Gasteiger partial charge in [0, 0.05) is 12.5 Å². The normalized spacial score (nSPS) is 12.2. The zero-order chi connectivity index (χ0) is 15.9. The van der Waals surface area contributed by atoms with Crippen molar-refractivity contribution in [2.75, 3.05) is 7.11 Å². The van der Waals surface area contributed by atoms with E-state index in [2.05, 4.69) is 15.0 Å². The number of hydrogen-bond acceptors (Lipinski definition) is 4. The molecule has 0 aromatic carbocycles. The topological polar surface area (TPSA) is 52.3 Å². The Balaban J connectivity index is 2.21. The van der Waals surface area contributed by atoms with Gasteiger partial charge >= 0.3 is 6.18 Å². The number of pyridine rings is 1. The van der Waals surface area contributed by atoms with Gasteiger partial charge in [0.15, 0.2) is 5.65 Å². The van der Waals surface area contributed by atoms with E-state index in [9.17, 15) is 13.2 Å². The molecule has 22 heavy (non-hydrogen) atoms. The summed E-state index contributed by atoms with van der Waals surface area (Å²) in [6.45, 7) is 1.74. The van der Waals surface area contributed by atoms with Crippen molar-refractivity contribution in [3.63, 3.8) is 0 Å². The number of nitrogens with zero attached hydrogens (tertiary/aromatic N) is 4. The fourth-order valence-corrected chi connectivity index (χ4v) is 2.34. The molecule has 3 aromatic rings. The van der Waals surface area contributed by atoms with Crippen LogP contribution >= 0.6 is 0 Å². The molecule has 0 bridgehead atoms. The second-order valence-corrected chi connectivity index (χ2v) is 4.90. The Morgan fingerprint density at radius 2 is 2.00 bits per heavy atom. The van der Waals surface area contributed by atoms with Crippen molar-refractivity contribution >= 4 is 16.7 Å². The number of methoxy groups -OCH3 is 1. The average Bonchev–Trinajstić information content (AvgIpc) is 2.81. The fraction of sp³-hybridized carbons (Fsp3) is 0.357. The molecular formula is C14H13F3N4O. The van der Waals surface area contributed by atoms with Crippen LogP contribution < -0.4 is 4.74 Å². The van der Waals surface area contributed by atoms with Crippen LogP contribution in [-0.4, -0.2) is 32.6 Å². The Labute approximate surface area is 123 Å². The highest BCUT2D eigenvalue weighted by Crippen LogP contribution is 2.25. The lowest BCUT2D eigenvalue weighted by Gasteiger charge is -2.08. The first-order valence-electron chi connectivity index (χ1n) is 6.63. The van der Waals surface area contributed by atoms with Gasteiger partial charge in [-0.3, -0.25) is 9.38 Å². The van der Waals surface area contributed by atoms with Crippen molar-refractivity contribution in [2.24, 2.45) is 0 Å². The molecule has 0 spiro atoms. The lowest BCUT2D eigenvalue weighted by atomic mass is 10.3. The maximum Gasteiger partial charge on any atom is 0.389 e. The molecule has 3 heterocycles. The highest BCUT2D eigenvalue weighted by atomic mass is 19.4. The van der Waals surface area contributed by atoms with Gasteiger partial charge in [-0.05, 0) is 13.0 Å². The Morgan fingerprint density at radius 1 is 1.23 bits per heavy atom. The van der Waals surface area contributed by atoms with Crippen molar-refractivity contribution < 1.29 is 17.9 Å². The monoisotopic (exact) mass is 310 g/mol. The van der Waals surface area contributed by atoms with Gasteiger partial charge in [-0.2, -0.15) is 18.2 Å². The molecule has 0 fully saturated rings. The number of imidazole rings is 1. The van der Waals surface area contributed by atoms with Crippen LogP contribution in [0.4, 0.5) is 13.2 Å². The van der Waals surface area contributed by atoms with Gasteiger partial charge in [0.1, 0.15) is 11.3 Å². The molecule has 0 radical (unpaired) electrons. The van der Waals surface area contributed by atoms with E-state index in [1.807, 2.05) is 0 Å². The molecule has 3 aromatic heterocycles. The van der Waals surface area contributed by atoms with Crippen LogP contribution in [0.3, 0.4) is 0 Å². The highest BCUT2D eigenvalue weighted by molar-refractivity contribution is 5.76.